The second-order valence-electron chi connectivity index (χ2n) is 5.13. The van der Waals surface area contributed by atoms with Gasteiger partial charge in [0.05, 0.1) is 0 Å². The lowest BCUT2D eigenvalue weighted by Crippen LogP contribution is -2.16. The monoisotopic (exact) mass is 267 g/mol. The molecule has 0 amide bonds. The fourth-order valence-corrected chi connectivity index (χ4v) is 2.67. The number of carbonyl (C=O) groups excluding carboxylic acids is 1. The largest absolute Gasteiger partial charge is 0.508 e. The van der Waals surface area contributed by atoms with E-state index in [4.69, 9.17) is 0 Å². The van der Waals surface area contributed by atoms with Gasteiger partial charge in [0, 0.05) is 24.2 Å². The molecule has 0 radical (unpaired) electrons. The van der Waals surface area contributed by atoms with Crippen molar-refractivity contribution in [2.45, 2.75) is 19.3 Å². The highest BCUT2D eigenvalue weighted by Gasteiger charge is 2.17. The van der Waals surface area contributed by atoms with Crippen molar-refractivity contribution in [2.24, 2.45) is 0 Å². The molecule has 0 aromatic heterocycles. The average molecular weight is 267 g/mol. The van der Waals surface area contributed by atoms with Crippen LogP contribution in [0.15, 0.2) is 42.5 Å². The van der Waals surface area contributed by atoms with Crippen LogP contribution < -0.4 is 5.32 Å². The molecule has 0 saturated heterocycles. The quantitative estimate of drug-likeness (QED) is 0.840. The van der Waals surface area contributed by atoms with Crippen LogP contribution in [-0.4, -0.2) is 17.4 Å². The van der Waals surface area contributed by atoms with E-state index in [0.717, 1.165) is 41.8 Å². The molecule has 0 spiro atoms. The summed E-state index contributed by atoms with van der Waals surface area (Å²) in [5.74, 6) is 0.360. The fourth-order valence-electron chi connectivity index (χ4n) is 2.67. The van der Waals surface area contributed by atoms with Crippen LogP contribution in [0.1, 0.15) is 27.9 Å². The van der Waals surface area contributed by atoms with E-state index >= 15 is 0 Å². The van der Waals surface area contributed by atoms with Crippen molar-refractivity contribution in [1.29, 1.82) is 0 Å². The number of Topliss-reactive ketones (excluding diaryl/α,β-unsaturated/α-hetero) is 1. The molecule has 1 heterocycles. The molecule has 1 aliphatic heterocycles. The van der Waals surface area contributed by atoms with E-state index in [-0.39, 0.29) is 11.5 Å². The molecule has 0 aliphatic carbocycles. The minimum absolute atomic E-state index is 0.135. The minimum atomic E-state index is 0.135. The molecular weight excluding hydrogens is 250 g/mol. The highest BCUT2D eigenvalue weighted by Crippen LogP contribution is 2.26. The van der Waals surface area contributed by atoms with E-state index in [9.17, 15) is 9.90 Å². The standard InChI is InChI=1S/C17H17NO2/c19-13-8-6-12(7-9-13)11-17(20)15-3-1-5-16-14(15)4-2-10-18-16/h1,3,5-9,18-19H,2,4,10-11H2. The molecular formula is C17H17NO2. The topological polar surface area (TPSA) is 49.3 Å². The van der Waals surface area contributed by atoms with Crippen LogP contribution in [0.5, 0.6) is 5.75 Å². The summed E-state index contributed by atoms with van der Waals surface area (Å²) < 4.78 is 0. The van der Waals surface area contributed by atoms with Gasteiger partial charge >= 0.3 is 0 Å². The Balaban J connectivity index is 1.85. The van der Waals surface area contributed by atoms with E-state index in [1.54, 1.807) is 24.3 Å². The Morgan fingerprint density at radius 2 is 1.95 bits per heavy atom. The molecule has 0 unspecified atom stereocenters. The Labute approximate surface area is 118 Å². The van der Waals surface area contributed by atoms with Crippen molar-refractivity contribution in [2.75, 3.05) is 11.9 Å². The predicted octanol–water partition coefficient (Wildman–Crippen LogP) is 3.18. The van der Waals surface area contributed by atoms with Gasteiger partial charge in [0.1, 0.15) is 5.75 Å². The first-order valence-corrected chi connectivity index (χ1v) is 6.91. The fraction of sp³-hybridized carbons (Fsp3) is 0.235. The first-order valence-electron chi connectivity index (χ1n) is 6.91. The molecule has 0 fully saturated rings. The first kappa shape index (κ1) is 12.7. The van der Waals surface area contributed by atoms with Gasteiger partial charge in [0.25, 0.3) is 0 Å². The van der Waals surface area contributed by atoms with Gasteiger partial charge in [-0.1, -0.05) is 24.3 Å². The van der Waals surface area contributed by atoms with E-state index in [1.165, 1.54) is 0 Å². The van der Waals surface area contributed by atoms with E-state index in [1.807, 2.05) is 18.2 Å². The molecule has 2 N–H and O–H groups in total. The van der Waals surface area contributed by atoms with Gasteiger partial charge in [-0.15, -0.1) is 0 Å². The van der Waals surface area contributed by atoms with Crippen LogP contribution in [0.25, 0.3) is 0 Å². The number of benzene rings is 2. The lowest BCUT2D eigenvalue weighted by molar-refractivity contribution is 0.0992. The van der Waals surface area contributed by atoms with E-state index in [0.29, 0.717) is 6.42 Å². The minimum Gasteiger partial charge on any atom is -0.508 e. The van der Waals surface area contributed by atoms with Crippen molar-refractivity contribution in [3.63, 3.8) is 0 Å². The summed E-state index contributed by atoms with van der Waals surface area (Å²) in [5, 5.41) is 12.6. The second kappa shape index (κ2) is 5.37. The average Bonchev–Trinajstić information content (AvgIpc) is 2.49. The smallest absolute Gasteiger partial charge is 0.167 e. The third-order valence-corrected chi connectivity index (χ3v) is 3.70. The number of ketones is 1. The number of phenols is 1. The maximum absolute atomic E-state index is 12.5. The zero-order valence-electron chi connectivity index (χ0n) is 11.2. The Kier molecular flexibility index (Phi) is 3.42. The molecule has 0 saturated carbocycles. The summed E-state index contributed by atoms with van der Waals surface area (Å²) in [7, 11) is 0. The zero-order valence-corrected chi connectivity index (χ0v) is 11.2. The van der Waals surface area contributed by atoms with E-state index < -0.39 is 0 Å². The number of anilines is 1. The molecule has 2 aromatic carbocycles. The summed E-state index contributed by atoms with van der Waals surface area (Å²) in [6.07, 6.45) is 2.40. The molecule has 3 heteroatoms. The van der Waals surface area contributed by atoms with Crippen molar-refractivity contribution in [1.82, 2.24) is 0 Å². The number of phenolic OH excluding ortho intramolecular Hbond substituents is 1. The maximum atomic E-state index is 12.5. The molecule has 3 rings (SSSR count). The van der Waals surface area contributed by atoms with Crippen LogP contribution >= 0.6 is 0 Å². The number of aromatic hydroxyl groups is 1. The highest BCUT2D eigenvalue weighted by molar-refractivity contribution is 6.00. The van der Waals surface area contributed by atoms with Crippen molar-refractivity contribution < 1.29 is 9.90 Å². The number of fused-ring (bicyclic) bond motifs is 1. The molecule has 3 nitrogen and oxygen atoms in total. The van der Waals surface area contributed by atoms with Gasteiger partial charge in [-0.25, -0.2) is 0 Å². The summed E-state index contributed by atoms with van der Waals surface area (Å²) in [6, 6.07) is 12.7. The number of nitrogens with one attached hydrogen (secondary N) is 1. The predicted molar refractivity (Wildman–Crippen MR) is 79.4 cm³/mol. The number of carbonyl (C=O) groups is 1. The Morgan fingerprint density at radius 1 is 1.15 bits per heavy atom. The molecule has 2 aromatic rings. The molecule has 20 heavy (non-hydrogen) atoms. The van der Waals surface area contributed by atoms with Gasteiger partial charge < -0.3 is 10.4 Å². The normalized spacial score (nSPS) is 13.4. The SMILES string of the molecule is O=C(Cc1ccc(O)cc1)c1cccc2c1CCCN2. The van der Waals surface area contributed by atoms with Gasteiger partial charge in [0.2, 0.25) is 0 Å². The number of rotatable bonds is 3. The van der Waals surface area contributed by atoms with Crippen molar-refractivity contribution in [3.05, 3.63) is 59.2 Å². The maximum Gasteiger partial charge on any atom is 0.167 e. The van der Waals surface area contributed by atoms with Gasteiger partial charge in [-0.3, -0.25) is 4.79 Å². The molecule has 102 valence electrons. The lowest BCUT2D eigenvalue weighted by Gasteiger charge is -2.20. The van der Waals surface area contributed by atoms with Gasteiger partial charge in [-0.2, -0.15) is 0 Å². The Hall–Kier alpha value is -2.29. The van der Waals surface area contributed by atoms with E-state index in [2.05, 4.69) is 5.32 Å². The molecule has 0 atom stereocenters. The summed E-state index contributed by atoms with van der Waals surface area (Å²) in [6.45, 7) is 0.975. The Bertz CT molecular complexity index is 632. The third kappa shape index (κ3) is 2.52. The molecule has 1 aliphatic rings. The van der Waals surface area contributed by atoms with Crippen molar-refractivity contribution in [3.8, 4) is 5.75 Å². The first-order chi connectivity index (χ1) is 9.74. The van der Waals surface area contributed by atoms with Crippen molar-refractivity contribution >= 4 is 11.5 Å². The van der Waals surface area contributed by atoms with Crippen LogP contribution in [0, 0.1) is 0 Å². The number of hydrogen-bond donors (Lipinski definition) is 2. The van der Waals surface area contributed by atoms with Crippen LogP contribution in [0.2, 0.25) is 0 Å². The Morgan fingerprint density at radius 3 is 2.75 bits per heavy atom. The summed E-state index contributed by atoms with van der Waals surface area (Å²) in [5.41, 5.74) is 3.98. The van der Waals surface area contributed by atoms with Crippen LogP contribution in [0.3, 0.4) is 0 Å². The van der Waals surface area contributed by atoms with Gasteiger partial charge in [-0.05, 0) is 42.2 Å². The van der Waals surface area contributed by atoms with Gasteiger partial charge in [0.15, 0.2) is 5.78 Å². The van der Waals surface area contributed by atoms with Crippen LogP contribution in [0.4, 0.5) is 5.69 Å². The molecule has 0 bridgehead atoms. The third-order valence-electron chi connectivity index (χ3n) is 3.70. The summed E-state index contributed by atoms with van der Waals surface area (Å²) >= 11 is 0. The lowest BCUT2D eigenvalue weighted by atomic mass is 9.93. The highest BCUT2D eigenvalue weighted by atomic mass is 16.3. The number of hydrogen-bond acceptors (Lipinski definition) is 3. The summed E-state index contributed by atoms with van der Waals surface area (Å²) in [4.78, 5) is 12.5. The van der Waals surface area contributed by atoms with Crippen LogP contribution in [-0.2, 0) is 12.8 Å². The second-order valence-corrected chi connectivity index (χ2v) is 5.13. The zero-order chi connectivity index (χ0) is 13.9.